The average molecular weight is 272 g/mol. The Labute approximate surface area is 114 Å². The van der Waals surface area contributed by atoms with Crippen molar-refractivity contribution in [1.29, 1.82) is 0 Å². The molecule has 0 rings (SSSR count). The molecule has 0 amide bonds. The van der Waals surface area contributed by atoms with Crippen LogP contribution in [0, 0.1) is 0 Å². The van der Waals surface area contributed by atoms with Gasteiger partial charge in [0.15, 0.2) is 0 Å². The topological polar surface area (TPSA) is 96.3 Å². The third kappa shape index (κ3) is 14.6. The van der Waals surface area contributed by atoms with Gasteiger partial charge in [0.2, 0.25) is 0 Å². The van der Waals surface area contributed by atoms with Crippen molar-refractivity contribution in [2.24, 2.45) is 5.11 Å². The molecule has 7 heteroatoms. The summed E-state index contributed by atoms with van der Waals surface area (Å²) in [4.78, 5) is 13.7. The first-order valence-corrected chi connectivity index (χ1v) is 6.76. The van der Waals surface area contributed by atoms with Gasteiger partial charge in [0.05, 0.1) is 13.2 Å². The molecule has 0 saturated heterocycles. The van der Waals surface area contributed by atoms with Gasteiger partial charge in [-0.05, 0) is 38.3 Å². The Bertz CT molecular complexity index is 268. The smallest absolute Gasteiger partial charge is 0.319 e. The molecular formula is C12H24N4O3. The number of carbonyl (C=O) groups excluding carboxylic acids is 1. The minimum atomic E-state index is -0.219. The molecule has 0 unspecified atom stereocenters. The van der Waals surface area contributed by atoms with E-state index in [0.29, 0.717) is 19.8 Å². The van der Waals surface area contributed by atoms with Crippen molar-refractivity contribution in [3.05, 3.63) is 10.4 Å². The number of hydrogen-bond acceptors (Lipinski definition) is 5. The molecule has 110 valence electrons. The maximum Gasteiger partial charge on any atom is 0.319 e. The number of ether oxygens (including phenoxy) is 2. The molecule has 0 aliphatic rings. The van der Waals surface area contributed by atoms with Crippen LogP contribution in [0.1, 0.15) is 32.6 Å². The molecule has 0 fully saturated rings. The van der Waals surface area contributed by atoms with Crippen LogP contribution in [-0.2, 0) is 14.3 Å². The van der Waals surface area contributed by atoms with Crippen LogP contribution in [0.5, 0.6) is 0 Å². The van der Waals surface area contributed by atoms with Gasteiger partial charge in [-0.2, -0.15) is 0 Å². The second-order valence-corrected chi connectivity index (χ2v) is 3.96. The lowest BCUT2D eigenvalue weighted by Crippen LogP contribution is -2.26. The molecule has 7 nitrogen and oxygen atoms in total. The lowest BCUT2D eigenvalue weighted by molar-refractivity contribution is -0.142. The number of esters is 1. The van der Waals surface area contributed by atoms with E-state index < -0.39 is 0 Å². The maximum absolute atomic E-state index is 11.0. The Morgan fingerprint density at radius 2 is 2.05 bits per heavy atom. The van der Waals surface area contributed by atoms with Crippen LogP contribution >= 0.6 is 0 Å². The summed E-state index contributed by atoms with van der Waals surface area (Å²) in [6.07, 6.45) is 3.78. The monoisotopic (exact) mass is 272 g/mol. The van der Waals surface area contributed by atoms with Gasteiger partial charge >= 0.3 is 5.97 Å². The normalized spacial score (nSPS) is 9.95. The van der Waals surface area contributed by atoms with Gasteiger partial charge in [-0.25, -0.2) is 0 Å². The van der Waals surface area contributed by atoms with E-state index in [1.54, 1.807) is 6.92 Å². The molecule has 0 aliphatic heterocycles. The van der Waals surface area contributed by atoms with Gasteiger partial charge in [0, 0.05) is 24.7 Å². The van der Waals surface area contributed by atoms with Gasteiger partial charge in [-0.3, -0.25) is 4.79 Å². The van der Waals surface area contributed by atoms with Crippen molar-refractivity contribution in [1.82, 2.24) is 5.32 Å². The first-order chi connectivity index (χ1) is 9.31. The maximum atomic E-state index is 11.0. The minimum Gasteiger partial charge on any atom is -0.465 e. The first kappa shape index (κ1) is 17.7. The number of hydrogen-bond donors (Lipinski definition) is 1. The predicted octanol–water partition coefficient (Wildman–Crippen LogP) is 2.03. The summed E-state index contributed by atoms with van der Waals surface area (Å²) in [6.45, 7) is 5.19. The van der Waals surface area contributed by atoms with E-state index in [-0.39, 0.29) is 12.5 Å². The zero-order valence-corrected chi connectivity index (χ0v) is 11.6. The van der Waals surface area contributed by atoms with Crippen LogP contribution in [0.15, 0.2) is 5.11 Å². The number of nitrogens with one attached hydrogen (secondary N) is 1. The van der Waals surface area contributed by atoms with Gasteiger partial charge in [-0.15, -0.1) is 0 Å². The van der Waals surface area contributed by atoms with Crippen molar-refractivity contribution in [2.45, 2.75) is 32.6 Å². The number of carbonyl (C=O) groups is 1. The summed E-state index contributed by atoms with van der Waals surface area (Å²) < 4.78 is 10.2. The fourth-order valence-electron chi connectivity index (χ4n) is 1.41. The quantitative estimate of drug-likeness (QED) is 0.182. The largest absolute Gasteiger partial charge is 0.465 e. The summed E-state index contributed by atoms with van der Waals surface area (Å²) in [7, 11) is 0. The summed E-state index contributed by atoms with van der Waals surface area (Å²) >= 11 is 0. The van der Waals surface area contributed by atoms with Gasteiger partial charge < -0.3 is 14.8 Å². The highest BCUT2D eigenvalue weighted by Gasteiger charge is 1.99. The highest BCUT2D eigenvalue weighted by Crippen LogP contribution is 1.96. The second kappa shape index (κ2) is 14.8. The molecule has 0 atom stereocenters. The van der Waals surface area contributed by atoms with Gasteiger partial charge in [-0.1, -0.05) is 11.5 Å². The Morgan fingerprint density at radius 3 is 2.79 bits per heavy atom. The van der Waals surface area contributed by atoms with Crippen LogP contribution < -0.4 is 5.32 Å². The first-order valence-electron chi connectivity index (χ1n) is 6.76. The van der Waals surface area contributed by atoms with Crippen molar-refractivity contribution < 1.29 is 14.3 Å². The standard InChI is InChI=1S/C12H24N4O3/c1-2-19-12(17)11-14-7-6-10-18-9-5-3-4-8-15-16-13/h14H,2-11H2,1H3. The third-order valence-corrected chi connectivity index (χ3v) is 2.33. The molecule has 1 N–H and O–H groups in total. The number of unbranched alkanes of at least 4 members (excludes halogenated alkanes) is 2. The van der Waals surface area contributed by atoms with Crippen molar-refractivity contribution >= 4 is 5.97 Å². The van der Waals surface area contributed by atoms with E-state index in [1.165, 1.54) is 0 Å². The molecule has 0 aromatic carbocycles. The molecule has 0 bridgehead atoms. The summed E-state index contributed by atoms with van der Waals surface area (Å²) in [5.41, 5.74) is 8.07. The molecule has 19 heavy (non-hydrogen) atoms. The van der Waals surface area contributed by atoms with E-state index in [9.17, 15) is 4.79 Å². The predicted molar refractivity (Wildman–Crippen MR) is 72.8 cm³/mol. The fourth-order valence-corrected chi connectivity index (χ4v) is 1.41. The summed E-state index contributed by atoms with van der Waals surface area (Å²) in [5.74, 6) is -0.219. The molecule has 0 saturated carbocycles. The molecule has 0 aromatic rings. The number of nitrogens with zero attached hydrogens (tertiary/aromatic N) is 3. The van der Waals surface area contributed by atoms with E-state index >= 15 is 0 Å². The van der Waals surface area contributed by atoms with Crippen molar-refractivity contribution in [3.8, 4) is 0 Å². The zero-order chi connectivity index (χ0) is 14.2. The molecule has 0 radical (unpaired) electrons. The van der Waals surface area contributed by atoms with Gasteiger partial charge in [0.25, 0.3) is 0 Å². The second-order valence-electron chi connectivity index (χ2n) is 3.96. The Hall–Kier alpha value is -1.30. The van der Waals surface area contributed by atoms with Crippen LogP contribution in [0.3, 0.4) is 0 Å². The Balaban J connectivity index is 3.06. The highest BCUT2D eigenvalue weighted by molar-refractivity contribution is 5.71. The lowest BCUT2D eigenvalue weighted by atomic mass is 10.2. The summed E-state index contributed by atoms with van der Waals surface area (Å²) in [5, 5.41) is 6.45. The van der Waals surface area contributed by atoms with Crippen LogP contribution in [0.4, 0.5) is 0 Å². The molecule has 0 spiro atoms. The minimum absolute atomic E-state index is 0.219. The Kier molecular flexibility index (Phi) is 13.7. The average Bonchev–Trinajstić information content (AvgIpc) is 2.40. The molecular weight excluding hydrogens is 248 g/mol. The number of rotatable bonds is 13. The Morgan fingerprint density at radius 1 is 1.26 bits per heavy atom. The summed E-state index contributed by atoms with van der Waals surface area (Å²) in [6, 6.07) is 0. The van der Waals surface area contributed by atoms with E-state index in [0.717, 1.165) is 38.8 Å². The van der Waals surface area contributed by atoms with Crippen LogP contribution in [0.25, 0.3) is 10.4 Å². The van der Waals surface area contributed by atoms with Crippen LogP contribution in [-0.4, -0.2) is 45.4 Å². The third-order valence-electron chi connectivity index (χ3n) is 2.33. The number of azide groups is 1. The van der Waals surface area contributed by atoms with Crippen molar-refractivity contribution in [2.75, 3.05) is 39.5 Å². The van der Waals surface area contributed by atoms with E-state index in [2.05, 4.69) is 15.3 Å². The zero-order valence-electron chi connectivity index (χ0n) is 11.6. The van der Waals surface area contributed by atoms with E-state index in [1.807, 2.05) is 0 Å². The van der Waals surface area contributed by atoms with Gasteiger partial charge in [0.1, 0.15) is 0 Å². The van der Waals surface area contributed by atoms with E-state index in [4.69, 9.17) is 15.0 Å². The SMILES string of the molecule is CCOC(=O)CNCCCOCCCCCN=[N+]=[N-]. The molecule has 0 heterocycles. The lowest BCUT2D eigenvalue weighted by Gasteiger charge is -2.05. The fraction of sp³-hybridized carbons (Fsp3) is 0.917. The highest BCUT2D eigenvalue weighted by atomic mass is 16.5. The van der Waals surface area contributed by atoms with Crippen LogP contribution in [0.2, 0.25) is 0 Å². The molecule has 0 aliphatic carbocycles. The molecule has 0 aromatic heterocycles. The van der Waals surface area contributed by atoms with Crippen molar-refractivity contribution in [3.63, 3.8) is 0 Å².